The fourth-order valence-corrected chi connectivity index (χ4v) is 3.55. The zero-order valence-corrected chi connectivity index (χ0v) is 16.2. The highest BCUT2D eigenvalue weighted by molar-refractivity contribution is 7.80. The van der Waals surface area contributed by atoms with E-state index in [0.29, 0.717) is 32.1 Å². The highest BCUT2D eigenvalue weighted by Gasteiger charge is 2.24. The van der Waals surface area contributed by atoms with Gasteiger partial charge in [0.2, 0.25) is 0 Å². The fourth-order valence-electron chi connectivity index (χ4n) is 3.27. The zero-order valence-electron chi connectivity index (χ0n) is 15.3. The Kier molecular flexibility index (Phi) is 6.45. The van der Waals surface area contributed by atoms with Gasteiger partial charge in [-0.1, -0.05) is 12.2 Å². The van der Waals surface area contributed by atoms with Crippen molar-refractivity contribution in [2.75, 3.05) is 46.0 Å². The molecule has 0 aromatic heterocycles. The maximum atomic E-state index is 12.1. The molecule has 3 rings (SSSR count). The van der Waals surface area contributed by atoms with E-state index >= 15 is 0 Å². The molecule has 1 aromatic rings. The maximum Gasteiger partial charge on any atom is 0.260 e. The van der Waals surface area contributed by atoms with Crippen LogP contribution in [0.4, 0.5) is 0 Å². The Bertz CT molecular complexity index is 621. The normalized spacial score (nSPS) is 23.6. The third-order valence-electron chi connectivity index (χ3n) is 4.53. The first-order chi connectivity index (χ1) is 12.5. The van der Waals surface area contributed by atoms with E-state index in [-0.39, 0.29) is 24.7 Å². The van der Waals surface area contributed by atoms with Gasteiger partial charge in [0.05, 0.1) is 25.4 Å². The molecule has 1 amide bonds. The lowest BCUT2D eigenvalue weighted by atomic mass is 10.1. The summed E-state index contributed by atoms with van der Waals surface area (Å²) in [5.74, 6) is 0.658. The van der Waals surface area contributed by atoms with Gasteiger partial charge in [-0.15, -0.1) is 0 Å². The van der Waals surface area contributed by atoms with Crippen molar-refractivity contribution >= 4 is 23.1 Å². The predicted molar refractivity (Wildman–Crippen MR) is 103 cm³/mol. The van der Waals surface area contributed by atoms with Crippen LogP contribution in [0.25, 0.3) is 0 Å². The van der Waals surface area contributed by atoms with Gasteiger partial charge in [0.1, 0.15) is 10.7 Å². The van der Waals surface area contributed by atoms with Crippen molar-refractivity contribution in [3.63, 3.8) is 0 Å². The second kappa shape index (κ2) is 8.79. The average molecular weight is 378 g/mol. The van der Waals surface area contributed by atoms with Crippen LogP contribution in [0.3, 0.4) is 0 Å². The Balaban J connectivity index is 1.53. The standard InChI is InChI=1S/C19H26N2O4S/c1-14-11-21(12-15(2)25-14)19(26)16-3-5-17(6-4-16)24-13-18(22)20-7-9-23-10-8-20/h3-6,14-15H,7-13H2,1-2H3/t14-,15-/m1/s1. The van der Waals surface area contributed by atoms with Crippen LogP contribution in [0, 0.1) is 0 Å². The molecule has 2 saturated heterocycles. The Labute approximate surface area is 160 Å². The number of rotatable bonds is 4. The summed E-state index contributed by atoms with van der Waals surface area (Å²) in [7, 11) is 0. The van der Waals surface area contributed by atoms with Crippen molar-refractivity contribution in [3.8, 4) is 5.75 Å². The molecule has 2 fully saturated rings. The van der Waals surface area contributed by atoms with Gasteiger partial charge in [0, 0.05) is 31.7 Å². The second-order valence-electron chi connectivity index (χ2n) is 6.77. The van der Waals surface area contributed by atoms with E-state index in [2.05, 4.69) is 18.7 Å². The van der Waals surface area contributed by atoms with Crippen LogP contribution in [0.2, 0.25) is 0 Å². The summed E-state index contributed by atoms with van der Waals surface area (Å²) in [5.41, 5.74) is 0.980. The van der Waals surface area contributed by atoms with Crippen LogP contribution < -0.4 is 4.74 Å². The average Bonchev–Trinajstić information content (AvgIpc) is 2.66. The maximum absolute atomic E-state index is 12.1. The van der Waals surface area contributed by atoms with E-state index in [1.165, 1.54) is 0 Å². The first-order valence-corrected chi connectivity index (χ1v) is 9.47. The zero-order chi connectivity index (χ0) is 18.5. The molecule has 0 bridgehead atoms. The number of hydrogen-bond acceptors (Lipinski definition) is 5. The smallest absolute Gasteiger partial charge is 0.260 e. The Morgan fingerprint density at radius 2 is 1.73 bits per heavy atom. The molecule has 0 N–H and O–H groups in total. The molecule has 0 radical (unpaired) electrons. The summed E-state index contributed by atoms with van der Waals surface area (Å²) in [4.78, 5) is 16.9. The molecule has 0 saturated carbocycles. The quantitative estimate of drug-likeness (QED) is 0.744. The van der Waals surface area contributed by atoms with Crippen LogP contribution in [0.5, 0.6) is 5.75 Å². The number of amides is 1. The predicted octanol–water partition coefficient (Wildman–Crippen LogP) is 1.71. The van der Waals surface area contributed by atoms with Crippen LogP contribution in [0.15, 0.2) is 24.3 Å². The molecular weight excluding hydrogens is 352 g/mol. The Morgan fingerprint density at radius 3 is 2.35 bits per heavy atom. The van der Waals surface area contributed by atoms with Crippen molar-refractivity contribution in [1.82, 2.24) is 9.80 Å². The van der Waals surface area contributed by atoms with Crippen molar-refractivity contribution in [2.45, 2.75) is 26.1 Å². The largest absolute Gasteiger partial charge is 0.484 e. The van der Waals surface area contributed by atoms with Gasteiger partial charge in [-0.05, 0) is 38.1 Å². The molecule has 142 valence electrons. The summed E-state index contributed by atoms with van der Waals surface area (Å²) >= 11 is 5.64. The molecule has 0 spiro atoms. The molecule has 2 heterocycles. The third-order valence-corrected chi connectivity index (χ3v) is 5.03. The SMILES string of the molecule is C[C@@H]1CN(C(=S)c2ccc(OCC(=O)N3CCOCC3)cc2)C[C@@H](C)O1. The first kappa shape index (κ1) is 19.1. The van der Waals surface area contributed by atoms with E-state index < -0.39 is 0 Å². The van der Waals surface area contributed by atoms with Crippen LogP contribution in [-0.4, -0.2) is 78.9 Å². The van der Waals surface area contributed by atoms with Crippen molar-refractivity contribution in [2.24, 2.45) is 0 Å². The molecule has 2 atom stereocenters. The molecule has 1 aromatic carbocycles. The first-order valence-electron chi connectivity index (χ1n) is 9.06. The minimum Gasteiger partial charge on any atom is -0.484 e. The molecule has 0 aliphatic carbocycles. The molecule has 26 heavy (non-hydrogen) atoms. The van der Waals surface area contributed by atoms with Crippen LogP contribution in [0.1, 0.15) is 19.4 Å². The topological polar surface area (TPSA) is 51.2 Å². The molecule has 0 unspecified atom stereocenters. The number of benzene rings is 1. The van der Waals surface area contributed by atoms with E-state index in [9.17, 15) is 4.79 Å². The molecular formula is C19H26N2O4S. The van der Waals surface area contributed by atoms with Gasteiger partial charge < -0.3 is 24.0 Å². The number of carbonyl (C=O) groups is 1. The van der Waals surface area contributed by atoms with Crippen LogP contribution in [-0.2, 0) is 14.3 Å². The van der Waals surface area contributed by atoms with Gasteiger partial charge in [-0.2, -0.15) is 0 Å². The number of nitrogens with zero attached hydrogens (tertiary/aromatic N) is 2. The van der Waals surface area contributed by atoms with Gasteiger partial charge in [-0.3, -0.25) is 4.79 Å². The summed E-state index contributed by atoms with van der Waals surface area (Å²) < 4.78 is 16.6. The van der Waals surface area contributed by atoms with E-state index in [4.69, 9.17) is 26.4 Å². The van der Waals surface area contributed by atoms with E-state index in [1.54, 1.807) is 4.90 Å². The number of thiocarbonyl (C=S) groups is 1. The number of morpholine rings is 2. The Morgan fingerprint density at radius 1 is 1.12 bits per heavy atom. The van der Waals surface area contributed by atoms with Crippen LogP contribution >= 0.6 is 12.2 Å². The minimum atomic E-state index is -0.0100. The Hall–Kier alpha value is -1.70. The van der Waals surface area contributed by atoms with E-state index in [1.807, 2.05) is 24.3 Å². The van der Waals surface area contributed by atoms with E-state index in [0.717, 1.165) is 23.6 Å². The van der Waals surface area contributed by atoms with Crippen molar-refractivity contribution in [1.29, 1.82) is 0 Å². The number of carbonyl (C=O) groups excluding carboxylic acids is 1. The van der Waals surface area contributed by atoms with Gasteiger partial charge in [0.15, 0.2) is 6.61 Å². The molecule has 2 aliphatic heterocycles. The van der Waals surface area contributed by atoms with Gasteiger partial charge >= 0.3 is 0 Å². The van der Waals surface area contributed by atoms with Gasteiger partial charge in [0.25, 0.3) is 5.91 Å². The fraction of sp³-hybridized carbons (Fsp3) is 0.579. The van der Waals surface area contributed by atoms with Crippen molar-refractivity contribution < 1.29 is 19.0 Å². The monoisotopic (exact) mass is 378 g/mol. The highest BCUT2D eigenvalue weighted by Crippen LogP contribution is 2.18. The summed E-state index contributed by atoms with van der Waals surface area (Å²) in [5, 5.41) is 0. The lowest BCUT2D eigenvalue weighted by Gasteiger charge is -2.37. The second-order valence-corrected chi connectivity index (χ2v) is 7.16. The van der Waals surface area contributed by atoms with Gasteiger partial charge in [-0.25, -0.2) is 0 Å². The summed E-state index contributed by atoms with van der Waals surface area (Å²) in [6.45, 7) is 8.22. The molecule has 7 heteroatoms. The van der Waals surface area contributed by atoms with Crippen molar-refractivity contribution in [3.05, 3.63) is 29.8 Å². The minimum absolute atomic E-state index is 0.0100. The molecule has 2 aliphatic rings. The number of ether oxygens (including phenoxy) is 3. The third kappa shape index (κ3) is 4.93. The lowest BCUT2D eigenvalue weighted by molar-refractivity contribution is -0.137. The summed E-state index contributed by atoms with van der Waals surface area (Å²) in [6, 6.07) is 7.62. The number of hydrogen-bond donors (Lipinski definition) is 0. The molecule has 6 nitrogen and oxygen atoms in total. The highest BCUT2D eigenvalue weighted by atomic mass is 32.1. The summed E-state index contributed by atoms with van der Waals surface area (Å²) in [6.07, 6.45) is 0.344. The lowest BCUT2D eigenvalue weighted by Crippen LogP contribution is -2.47.